The number of aromatic nitrogens is 3. The van der Waals surface area contributed by atoms with Crippen LogP contribution < -0.4 is 0 Å². The first-order valence-electron chi connectivity index (χ1n) is 6.23. The lowest BCUT2D eigenvalue weighted by molar-refractivity contribution is 0.428. The van der Waals surface area contributed by atoms with Gasteiger partial charge in [-0.3, -0.25) is 0 Å². The topological polar surface area (TPSA) is 51.8 Å². The van der Waals surface area contributed by atoms with E-state index in [1.54, 1.807) is 17.6 Å². The van der Waals surface area contributed by atoms with Crippen molar-refractivity contribution in [1.82, 2.24) is 15.4 Å². The van der Waals surface area contributed by atoms with Gasteiger partial charge < -0.3 is 4.52 Å². The predicted molar refractivity (Wildman–Crippen MR) is 86.0 cm³/mol. The minimum atomic E-state index is 0.738. The lowest BCUT2D eigenvalue weighted by atomic mass is 10.1. The Labute approximate surface area is 132 Å². The Balaban J connectivity index is 1.97. The molecule has 0 saturated heterocycles. The number of rotatable bonds is 2. The minimum Gasteiger partial charge on any atom is -0.363 e. The molecule has 0 aliphatic heterocycles. The SMILES string of the molecule is Brc1cccc(-c2nnc(-c3cccs3)c3nocc23)c1. The van der Waals surface area contributed by atoms with Gasteiger partial charge in [-0.15, -0.1) is 21.5 Å². The van der Waals surface area contributed by atoms with E-state index in [-0.39, 0.29) is 0 Å². The summed E-state index contributed by atoms with van der Waals surface area (Å²) >= 11 is 5.08. The van der Waals surface area contributed by atoms with Gasteiger partial charge in [0.25, 0.3) is 0 Å². The van der Waals surface area contributed by atoms with Gasteiger partial charge in [-0.1, -0.05) is 39.3 Å². The van der Waals surface area contributed by atoms with E-state index in [0.29, 0.717) is 0 Å². The van der Waals surface area contributed by atoms with Gasteiger partial charge in [-0.2, -0.15) is 0 Å². The molecule has 0 saturated carbocycles. The average Bonchev–Trinajstić information content (AvgIpc) is 3.17. The molecule has 0 aliphatic carbocycles. The summed E-state index contributed by atoms with van der Waals surface area (Å²) in [5.74, 6) is 0. The monoisotopic (exact) mass is 357 g/mol. The smallest absolute Gasteiger partial charge is 0.145 e. The first-order valence-corrected chi connectivity index (χ1v) is 7.91. The highest BCUT2D eigenvalue weighted by Crippen LogP contribution is 2.33. The van der Waals surface area contributed by atoms with Gasteiger partial charge in [0, 0.05) is 10.0 Å². The third-order valence-corrected chi connectivity index (χ3v) is 4.52. The molecular formula is C15H8BrN3OS. The molecule has 0 bridgehead atoms. The van der Waals surface area contributed by atoms with Crippen molar-refractivity contribution >= 4 is 38.2 Å². The summed E-state index contributed by atoms with van der Waals surface area (Å²) in [4.78, 5) is 1.03. The molecule has 3 heterocycles. The molecule has 0 aliphatic rings. The normalized spacial score (nSPS) is 11.1. The Morgan fingerprint density at radius 1 is 1.05 bits per heavy atom. The third kappa shape index (κ3) is 2.16. The van der Waals surface area contributed by atoms with Crippen LogP contribution >= 0.6 is 27.3 Å². The molecule has 102 valence electrons. The number of halogens is 1. The fourth-order valence-corrected chi connectivity index (χ4v) is 3.31. The summed E-state index contributed by atoms with van der Waals surface area (Å²) in [5, 5.41) is 15.7. The summed E-state index contributed by atoms with van der Waals surface area (Å²) in [6.45, 7) is 0. The second-order valence-electron chi connectivity index (χ2n) is 4.46. The molecule has 0 unspecified atom stereocenters. The second-order valence-corrected chi connectivity index (χ2v) is 6.33. The molecule has 0 amide bonds. The molecule has 0 atom stereocenters. The zero-order chi connectivity index (χ0) is 14.2. The van der Waals surface area contributed by atoms with Crippen LogP contribution in [-0.4, -0.2) is 15.4 Å². The van der Waals surface area contributed by atoms with Gasteiger partial charge in [0.05, 0.1) is 10.3 Å². The van der Waals surface area contributed by atoms with Gasteiger partial charge in [0.1, 0.15) is 23.2 Å². The molecule has 6 heteroatoms. The van der Waals surface area contributed by atoms with E-state index in [1.807, 2.05) is 41.8 Å². The molecule has 0 fully saturated rings. The van der Waals surface area contributed by atoms with Crippen molar-refractivity contribution in [1.29, 1.82) is 0 Å². The van der Waals surface area contributed by atoms with Gasteiger partial charge in [-0.25, -0.2) is 0 Å². The van der Waals surface area contributed by atoms with Crippen LogP contribution in [0.4, 0.5) is 0 Å². The van der Waals surface area contributed by atoms with E-state index in [1.165, 1.54) is 0 Å². The maximum atomic E-state index is 5.16. The van der Waals surface area contributed by atoms with E-state index >= 15 is 0 Å². The van der Waals surface area contributed by atoms with Gasteiger partial charge >= 0.3 is 0 Å². The van der Waals surface area contributed by atoms with Crippen molar-refractivity contribution in [2.24, 2.45) is 0 Å². The first kappa shape index (κ1) is 12.7. The number of hydrogen-bond donors (Lipinski definition) is 0. The first-order chi connectivity index (χ1) is 10.3. The number of fused-ring (bicyclic) bond motifs is 1. The largest absolute Gasteiger partial charge is 0.363 e. The van der Waals surface area contributed by atoms with Crippen molar-refractivity contribution in [3.63, 3.8) is 0 Å². The van der Waals surface area contributed by atoms with E-state index in [0.717, 1.165) is 37.2 Å². The van der Waals surface area contributed by atoms with Gasteiger partial charge in [0.15, 0.2) is 0 Å². The summed E-state index contributed by atoms with van der Waals surface area (Å²) in [5.41, 5.74) is 3.24. The average molecular weight is 358 g/mol. The summed E-state index contributed by atoms with van der Waals surface area (Å²) in [6, 6.07) is 11.9. The minimum absolute atomic E-state index is 0.738. The standard InChI is InChI=1S/C15H8BrN3OS/c16-10-4-1-3-9(7-10)13-11-8-20-19-14(11)15(18-17-13)12-5-2-6-21-12/h1-8H. The number of benzene rings is 1. The third-order valence-electron chi connectivity index (χ3n) is 3.15. The Bertz CT molecular complexity index is 918. The van der Waals surface area contributed by atoms with Crippen molar-refractivity contribution in [2.75, 3.05) is 0 Å². The number of hydrogen-bond acceptors (Lipinski definition) is 5. The maximum Gasteiger partial charge on any atom is 0.145 e. The highest BCUT2D eigenvalue weighted by Gasteiger charge is 2.16. The highest BCUT2D eigenvalue weighted by molar-refractivity contribution is 9.10. The van der Waals surface area contributed by atoms with E-state index in [9.17, 15) is 0 Å². The lowest BCUT2D eigenvalue weighted by Crippen LogP contribution is -1.92. The maximum absolute atomic E-state index is 5.16. The second kappa shape index (κ2) is 5.05. The molecule has 1 aromatic carbocycles. The summed E-state index contributed by atoms with van der Waals surface area (Å²) in [6.07, 6.45) is 1.62. The van der Waals surface area contributed by atoms with Crippen molar-refractivity contribution < 1.29 is 4.52 Å². The van der Waals surface area contributed by atoms with Crippen molar-refractivity contribution in [2.45, 2.75) is 0 Å². The van der Waals surface area contributed by atoms with Crippen molar-refractivity contribution in [3.05, 3.63) is 52.5 Å². The molecule has 0 spiro atoms. The zero-order valence-corrected chi connectivity index (χ0v) is 13.1. The van der Waals surface area contributed by atoms with E-state index < -0.39 is 0 Å². The number of thiophene rings is 1. The van der Waals surface area contributed by atoms with Crippen LogP contribution in [0.25, 0.3) is 32.7 Å². The van der Waals surface area contributed by atoms with E-state index in [2.05, 4.69) is 31.3 Å². The quantitative estimate of drug-likeness (QED) is 0.518. The Morgan fingerprint density at radius 3 is 2.76 bits per heavy atom. The van der Waals surface area contributed by atoms with Gasteiger partial charge in [-0.05, 0) is 23.6 Å². The molecule has 0 N–H and O–H groups in total. The van der Waals surface area contributed by atoms with E-state index in [4.69, 9.17) is 4.52 Å². The zero-order valence-electron chi connectivity index (χ0n) is 10.7. The van der Waals surface area contributed by atoms with Crippen LogP contribution in [0.15, 0.2) is 57.0 Å². The fraction of sp³-hybridized carbons (Fsp3) is 0. The summed E-state index contributed by atoms with van der Waals surface area (Å²) in [7, 11) is 0. The molecule has 21 heavy (non-hydrogen) atoms. The molecular weight excluding hydrogens is 350 g/mol. The number of nitrogens with zero attached hydrogens (tertiary/aromatic N) is 3. The van der Waals surface area contributed by atoms with Crippen LogP contribution in [0.5, 0.6) is 0 Å². The molecule has 0 radical (unpaired) electrons. The summed E-state index contributed by atoms with van der Waals surface area (Å²) < 4.78 is 6.15. The van der Waals surface area contributed by atoms with Gasteiger partial charge in [0.2, 0.25) is 0 Å². The van der Waals surface area contributed by atoms with Crippen LogP contribution in [-0.2, 0) is 0 Å². The molecule has 4 aromatic rings. The molecule has 4 rings (SSSR count). The van der Waals surface area contributed by atoms with Crippen LogP contribution in [0, 0.1) is 0 Å². The fourth-order valence-electron chi connectivity index (χ4n) is 2.21. The Morgan fingerprint density at radius 2 is 1.95 bits per heavy atom. The molecule has 4 nitrogen and oxygen atoms in total. The Kier molecular flexibility index (Phi) is 3.05. The van der Waals surface area contributed by atoms with Crippen LogP contribution in [0.3, 0.4) is 0 Å². The van der Waals surface area contributed by atoms with Crippen LogP contribution in [0.1, 0.15) is 0 Å². The van der Waals surface area contributed by atoms with Crippen molar-refractivity contribution in [3.8, 4) is 21.8 Å². The lowest BCUT2D eigenvalue weighted by Gasteiger charge is -2.03. The predicted octanol–water partition coefficient (Wildman–Crippen LogP) is 4.78. The van der Waals surface area contributed by atoms with Crippen LogP contribution in [0.2, 0.25) is 0 Å². The molecule has 3 aromatic heterocycles. The Hall–Kier alpha value is -2.05. The highest BCUT2D eigenvalue weighted by atomic mass is 79.9.